The van der Waals surface area contributed by atoms with Gasteiger partial charge in [0.15, 0.2) is 0 Å². The molecule has 0 saturated carbocycles. The number of aromatic nitrogens is 2. The number of nitrogens with zero attached hydrogens (tertiary/aromatic N) is 2. The molecule has 2 N–H and O–H groups in total. The number of carbonyl (C=O) groups is 1. The van der Waals surface area contributed by atoms with E-state index in [0.29, 0.717) is 18.5 Å². The first-order valence-corrected chi connectivity index (χ1v) is 6.92. The topological polar surface area (TPSA) is 84.3 Å². The van der Waals surface area contributed by atoms with E-state index in [9.17, 15) is 9.90 Å². The van der Waals surface area contributed by atoms with E-state index in [1.165, 1.54) is 6.20 Å². The van der Waals surface area contributed by atoms with Crippen LogP contribution in [0, 0.1) is 0 Å². The lowest BCUT2D eigenvalue weighted by molar-refractivity contribution is -0.0252. The van der Waals surface area contributed by atoms with Crippen molar-refractivity contribution < 1.29 is 14.6 Å². The van der Waals surface area contributed by atoms with E-state index in [1.807, 2.05) is 18.2 Å². The number of benzene rings is 1. The Bertz CT molecular complexity index is 676. The third kappa shape index (κ3) is 2.72. The summed E-state index contributed by atoms with van der Waals surface area (Å²) in [6, 6.07) is 7.36. The Morgan fingerprint density at radius 2 is 2.24 bits per heavy atom. The summed E-state index contributed by atoms with van der Waals surface area (Å²) in [5.74, 6) is -0.347. The maximum atomic E-state index is 12.1. The summed E-state index contributed by atoms with van der Waals surface area (Å²) >= 11 is 0. The molecule has 1 fully saturated rings. The van der Waals surface area contributed by atoms with Gasteiger partial charge in [-0.25, -0.2) is 4.98 Å². The summed E-state index contributed by atoms with van der Waals surface area (Å²) in [7, 11) is 0. The van der Waals surface area contributed by atoms with Gasteiger partial charge in [-0.1, -0.05) is 12.1 Å². The van der Waals surface area contributed by atoms with Gasteiger partial charge in [0.1, 0.15) is 11.3 Å². The Kier molecular flexibility index (Phi) is 3.57. The van der Waals surface area contributed by atoms with Crippen LogP contribution in [0.5, 0.6) is 0 Å². The highest BCUT2D eigenvalue weighted by Crippen LogP contribution is 2.24. The monoisotopic (exact) mass is 287 g/mol. The normalized spacial score (nSPS) is 25.1. The summed E-state index contributed by atoms with van der Waals surface area (Å²) in [5, 5.41) is 13.1. The Balaban J connectivity index is 1.72. The summed E-state index contributed by atoms with van der Waals surface area (Å²) in [5.41, 5.74) is 0.635. The quantitative estimate of drug-likeness (QED) is 0.876. The molecule has 3 rings (SSSR count). The number of amides is 1. The molecule has 0 spiro atoms. The van der Waals surface area contributed by atoms with Crippen molar-refractivity contribution in [3.05, 3.63) is 36.2 Å². The molecule has 6 nitrogen and oxygen atoms in total. The van der Waals surface area contributed by atoms with E-state index < -0.39 is 5.60 Å². The number of fused-ring (bicyclic) bond motifs is 1. The number of hydrogen-bond acceptors (Lipinski definition) is 5. The van der Waals surface area contributed by atoms with Crippen molar-refractivity contribution in [2.75, 3.05) is 13.2 Å². The minimum atomic E-state index is -1.01. The van der Waals surface area contributed by atoms with Crippen molar-refractivity contribution in [3.8, 4) is 0 Å². The molecule has 2 aromatic rings. The third-order valence-corrected chi connectivity index (χ3v) is 3.90. The molecule has 110 valence electrons. The van der Waals surface area contributed by atoms with Gasteiger partial charge in [-0.15, -0.1) is 0 Å². The first-order valence-electron chi connectivity index (χ1n) is 6.92. The molecule has 1 aliphatic rings. The van der Waals surface area contributed by atoms with Gasteiger partial charge in [0.2, 0.25) is 0 Å². The lowest BCUT2D eigenvalue weighted by Crippen LogP contribution is -2.47. The second kappa shape index (κ2) is 5.38. The number of rotatable bonds is 3. The van der Waals surface area contributed by atoms with E-state index in [0.717, 1.165) is 5.52 Å². The van der Waals surface area contributed by atoms with Gasteiger partial charge in [-0.05, 0) is 19.1 Å². The molecule has 2 heterocycles. The summed E-state index contributed by atoms with van der Waals surface area (Å²) in [6.45, 7) is 2.44. The fourth-order valence-electron chi connectivity index (χ4n) is 2.39. The van der Waals surface area contributed by atoms with Crippen LogP contribution in [-0.4, -0.2) is 45.8 Å². The van der Waals surface area contributed by atoms with Crippen LogP contribution in [0.4, 0.5) is 0 Å². The maximum Gasteiger partial charge on any atom is 0.271 e. The predicted octanol–water partition coefficient (Wildman–Crippen LogP) is 0.899. The third-order valence-electron chi connectivity index (χ3n) is 3.90. The van der Waals surface area contributed by atoms with Crippen LogP contribution >= 0.6 is 0 Å². The minimum absolute atomic E-state index is 0.140. The number of nitrogens with one attached hydrogen (secondary N) is 1. The molecule has 0 aliphatic carbocycles. The molecule has 2 unspecified atom stereocenters. The number of para-hydroxylation sites is 2. The largest absolute Gasteiger partial charge is 0.385 e. The fourth-order valence-corrected chi connectivity index (χ4v) is 2.39. The maximum absolute atomic E-state index is 12.1. The molecule has 1 saturated heterocycles. The molecule has 21 heavy (non-hydrogen) atoms. The van der Waals surface area contributed by atoms with Gasteiger partial charge in [0.05, 0.1) is 23.3 Å². The molecule has 0 bridgehead atoms. The lowest BCUT2D eigenvalue weighted by Gasteiger charge is -2.25. The molecule has 1 aliphatic heterocycles. The summed E-state index contributed by atoms with van der Waals surface area (Å²) < 4.78 is 5.33. The highest BCUT2D eigenvalue weighted by Gasteiger charge is 2.39. The molecule has 6 heteroatoms. The Labute approximate surface area is 122 Å². The van der Waals surface area contributed by atoms with Gasteiger partial charge < -0.3 is 15.2 Å². The van der Waals surface area contributed by atoms with Crippen LogP contribution in [0.2, 0.25) is 0 Å². The van der Waals surface area contributed by atoms with E-state index in [-0.39, 0.29) is 24.2 Å². The Morgan fingerprint density at radius 3 is 2.95 bits per heavy atom. The predicted molar refractivity (Wildman–Crippen MR) is 76.9 cm³/mol. The highest BCUT2D eigenvalue weighted by molar-refractivity contribution is 5.93. The van der Waals surface area contributed by atoms with Gasteiger partial charge in [0.25, 0.3) is 5.91 Å². The molecule has 2 atom stereocenters. The van der Waals surface area contributed by atoms with Crippen LogP contribution in [0.25, 0.3) is 11.0 Å². The molecule has 0 radical (unpaired) electrons. The number of hydrogen-bond donors (Lipinski definition) is 2. The van der Waals surface area contributed by atoms with E-state index >= 15 is 0 Å². The summed E-state index contributed by atoms with van der Waals surface area (Å²) in [4.78, 5) is 20.6. The van der Waals surface area contributed by atoms with Crippen LogP contribution in [0.15, 0.2) is 30.5 Å². The molecular formula is C15H17N3O3. The SMILES string of the molecule is CC1OCCC1(O)CNC(=O)c1cnc2ccccc2n1. The van der Waals surface area contributed by atoms with Gasteiger partial charge in [0, 0.05) is 19.6 Å². The van der Waals surface area contributed by atoms with Crippen molar-refractivity contribution >= 4 is 16.9 Å². The van der Waals surface area contributed by atoms with Gasteiger partial charge in [-0.3, -0.25) is 9.78 Å². The molecule has 1 amide bonds. The molecule has 1 aromatic carbocycles. The number of carbonyl (C=O) groups excluding carboxylic acids is 1. The van der Waals surface area contributed by atoms with Crippen molar-refractivity contribution in [2.24, 2.45) is 0 Å². The van der Waals surface area contributed by atoms with Crippen LogP contribution in [0.3, 0.4) is 0 Å². The average Bonchev–Trinajstić information content (AvgIpc) is 2.84. The van der Waals surface area contributed by atoms with Crippen LogP contribution in [0.1, 0.15) is 23.8 Å². The first-order chi connectivity index (χ1) is 10.1. The second-order valence-electron chi connectivity index (χ2n) is 5.29. The van der Waals surface area contributed by atoms with Crippen LogP contribution in [-0.2, 0) is 4.74 Å². The molecular weight excluding hydrogens is 270 g/mol. The van der Waals surface area contributed by atoms with Crippen molar-refractivity contribution in [2.45, 2.75) is 25.0 Å². The van der Waals surface area contributed by atoms with Crippen molar-refractivity contribution in [1.29, 1.82) is 0 Å². The standard InChI is InChI=1S/C15H17N3O3/c1-10-15(20,6-7-21-10)9-17-14(19)13-8-16-11-4-2-3-5-12(11)18-13/h2-5,8,10,20H,6-7,9H2,1H3,(H,17,19). The van der Waals surface area contributed by atoms with Gasteiger partial charge in [-0.2, -0.15) is 0 Å². The second-order valence-corrected chi connectivity index (χ2v) is 5.29. The van der Waals surface area contributed by atoms with Crippen molar-refractivity contribution in [3.63, 3.8) is 0 Å². The molecule has 1 aromatic heterocycles. The zero-order chi connectivity index (χ0) is 14.9. The number of ether oxygens (including phenoxy) is 1. The zero-order valence-electron chi connectivity index (χ0n) is 11.7. The Morgan fingerprint density at radius 1 is 1.48 bits per heavy atom. The lowest BCUT2D eigenvalue weighted by atomic mass is 9.97. The zero-order valence-corrected chi connectivity index (χ0v) is 11.7. The number of aliphatic hydroxyl groups is 1. The van der Waals surface area contributed by atoms with E-state index in [1.54, 1.807) is 13.0 Å². The average molecular weight is 287 g/mol. The van der Waals surface area contributed by atoms with E-state index in [4.69, 9.17) is 4.74 Å². The fraction of sp³-hybridized carbons (Fsp3) is 0.400. The van der Waals surface area contributed by atoms with Crippen LogP contribution < -0.4 is 5.32 Å². The highest BCUT2D eigenvalue weighted by atomic mass is 16.5. The Hall–Kier alpha value is -2.05. The van der Waals surface area contributed by atoms with E-state index in [2.05, 4.69) is 15.3 Å². The summed E-state index contributed by atoms with van der Waals surface area (Å²) in [6.07, 6.45) is 1.66. The van der Waals surface area contributed by atoms with Gasteiger partial charge >= 0.3 is 0 Å². The first kappa shape index (κ1) is 13.9. The minimum Gasteiger partial charge on any atom is -0.385 e. The van der Waals surface area contributed by atoms with Crippen molar-refractivity contribution in [1.82, 2.24) is 15.3 Å². The smallest absolute Gasteiger partial charge is 0.271 e.